The predicted molar refractivity (Wildman–Crippen MR) is 136 cm³/mol. The Hall–Kier alpha value is -2.88. The summed E-state index contributed by atoms with van der Waals surface area (Å²) in [5, 5.41) is 6.78. The van der Waals surface area contributed by atoms with Gasteiger partial charge in [-0.15, -0.1) is 11.8 Å². The Kier molecular flexibility index (Phi) is 10.1. The summed E-state index contributed by atoms with van der Waals surface area (Å²) in [6.45, 7) is 10.6. The minimum atomic E-state index is -0.560. The van der Waals surface area contributed by atoms with Crippen LogP contribution in [0.2, 0.25) is 0 Å². The van der Waals surface area contributed by atoms with E-state index < -0.39 is 22.9 Å². The summed E-state index contributed by atoms with van der Waals surface area (Å²) in [7, 11) is 0. The fourth-order valence-electron chi connectivity index (χ4n) is 3.38. The maximum absolute atomic E-state index is 12.7. The number of alkyl carbamates (subject to hydrolysis) is 1. The Morgan fingerprint density at radius 3 is 2.68 bits per heavy atom. The number of ether oxygens (including phenoxy) is 2. The van der Waals surface area contributed by atoms with Crippen LogP contribution in [-0.4, -0.2) is 54.6 Å². The molecule has 1 fully saturated rings. The van der Waals surface area contributed by atoms with Gasteiger partial charge >= 0.3 is 12.1 Å². The molecule has 2 atom stereocenters. The second-order valence-corrected chi connectivity index (χ2v) is 10.2. The maximum atomic E-state index is 12.7. The van der Waals surface area contributed by atoms with Crippen molar-refractivity contribution in [1.29, 1.82) is 0 Å². The summed E-state index contributed by atoms with van der Waals surface area (Å²) in [4.78, 5) is 38.7. The Bertz CT molecular complexity index is 900. The van der Waals surface area contributed by atoms with Crippen molar-refractivity contribution in [1.82, 2.24) is 5.32 Å². The molecule has 1 aromatic rings. The van der Waals surface area contributed by atoms with Gasteiger partial charge < -0.3 is 30.7 Å². The maximum Gasteiger partial charge on any atom is 0.407 e. The van der Waals surface area contributed by atoms with E-state index in [1.165, 1.54) is 5.41 Å². The van der Waals surface area contributed by atoms with Gasteiger partial charge in [0, 0.05) is 24.5 Å². The summed E-state index contributed by atoms with van der Waals surface area (Å²) in [6, 6.07) is 7.38. The summed E-state index contributed by atoms with van der Waals surface area (Å²) < 4.78 is 10.3. The van der Waals surface area contributed by atoms with Crippen LogP contribution in [0.5, 0.6) is 0 Å². The first-order valence-corrected chi connectivity index (χ1v) is 12.4. The number of piperidine rings is 1. The molecular weight excluding hydrogens is 456 g/mol. The van der Waals surface area contributed by atoms with Gasteiger partial charge in [-0.05, 0) is 59.6 Å². The molecule has 1 aliphatic heterocycles. The molecule has 188 valence electrons. The number of rotatable bonds is 8. The lowest BCUT2D eigenvalue weighted by atomic mass is 10.0. The van der Waals surface area contributed by atoms with E-state index in [-0.39, 0.29) is 17.7 Å². The third-order valence-electron chi connectivity index (χ3n) is 4.92. The Labute approximate surface area is 205 Å². The van der Waals surface area contributed by atoms with Gasteiger partial charge in [-0.2, -0.15) is 0 Å². The van der Waals surface area contributed by atoms with Gasteiger partial charge in [0.1, 0.15) is 16.5 Å². The summed E-state index contributed by atoms with van der Waals surface area (Å²) >= 11 is 1.13. The van der Waals surface area contributed by atoms with Crippen LogP contribution in [0.1, 0.15) is 47.5 Å². The highest BCUT2D eigenvalue weighted by atomic mass is 32.2. The first-order valence-electron chi connectivity index (χ1n) is 11.4. The van der Waals surface area contributed by atoms with E-state index in [0.29, 0.717) is 18.8 Å². The lowest BCUT2D eigenvalue weighted by molar-refractivity contribution is -0.142. The zero-order chi connectivity index (χ0) is 25.3. The van der Waals surface area contributed by atoms with Crippen LogP contribution >= 0.6 is 11.8 Å². The highest BCUT2D eigenvalue weighted by Crippen LogP contribution is 2.29. The molecule has 1 heterocycles. The number of anilines is 2. The van der Waals surface area contributed by atoms with Crippen molar-refractivity contribution in [3.8, 4) is 0 Å². The van der Waals surface area contributed by atoms with E-state index >= 15 is 0 Å². The lowest BCUT2D eigenvalue weighted by Gasteiger charge is -2.36. The van der Waals surface area contributed by atoms with Crippen LogP contribution in [-0.2, 0) is 19.1 Å². The number of nitrogens with zero attached hydrogens (tertiary/aromatic N) is 1. The quantitative estimate of drug-likeness (QED) is 0.372. The van der Waals surface area contributed by atoms with Gasteiger partial charge in [-0.3, -0.25) is 9.59 Å². The zero-order valence-electron chi connectivity index (χ0n) is 20.6. The number of carbonyl (C=O) groups is 3. The van der Waals surface area contributed by atoms with Crippen molar-refractivity contribution in [2.24, 2.45) is 5.73 Å². The molecule has 10 heteroatoms. The van der Waals surface area contributed by atoms with E-state index in [2.05, 4.69) is 15.5 Å². The van der Waals surface area contributed by atoms with Gasteiger partial charge in [0.05, 0.1) is 18.0 Å². The van der Waals surface area contributed by atoms with Crippen LogP contribution in [0.3, 0.4) is 0 Å². The largest absolute Gasteiger partial charge is 0.465 e. The Morgan fingerprint density at radius 1 is 1.29 bits per heavy atom. The molecule has 0 saturated carbocycles. The van der Waals surface area contributed by atoms with E-state index in [0.717, 1.165) is 36.8 Å². The van der Waals surface area contributed by atoms with E-state index in [1.54, 1.807) is 19.9 Å². The topological polar surface area (TPSA) is 123 Å². The predicted octanol–water partition coefficient (Wildman–Crippen LogP) is 3.60. The van der Waals surface area contributed by atoms with Crippen LogP contribution in [0.4, 0.5) is 16.2 Å². The average molecular weight is 493 g/mol. The van der Waals surface area contributed by atoms with Crippen molar-refractivity contribution < 1.29 is 23.9 Å². The monoisotopic (exact) mass is 492 g/mol. The first-order chi connectivity index (χ1) is 16.0. The highest BCUT2D eigenvalue weighted by Gasteiger charge is 2.26. The molecular formula is C24H36N4O5S. The second kappa shape index (κ2) is 12.5. The number of hydrogen-bond donors (Lipinski definition) is 3. The number of thioether (sulfide) groups is 1. The minimum Gasteiger partial charge on any atom is -0.465 e. The number of carbonyl (C=O) groups excluding carboxylic acids is 3. The molecule has 1 unspecified atom stereocenters. The number of hydrogen-bond acceptors (Lipinski definition) is 8. The molecule has 0 aromatic heterocycles. The number of para-hydroxylation sites is 2. The first kappa shape index (κ1) is 27.4. The Balaban J connectivity index is 2.03. The number of esters is 1. The van der Waals surface area contributed by atoms with E-state index in [1.807, 2.05) is 39.0 Å². The molecule has 4 N–H and O–H groups in total. The number of amides is 2. The lowest BCUT2D eigenvalue weighted by Crippen LogP contribution is -2.49. The number of nitrogens with two attached hydrogens (primary N) is 1. The number of benzene rings is 1. The molecule has 34 heavy (non-hydrogen) atoms. The molecule has 2 amide bonds. The van der Waals surface area contributed by atoms with Crippen molar-refractivity contribution in [2.75, 3.05) is 29.9 Å². The third-order valence-corrected chi connectivity index (χ3v) is 5.91. The van der Waals surface area contributed by atoms with Gasteiger partial charge in [0.25, 0.3) is 5.91 Å². The highest BCUT2D eigenvalue weighted by molar-refractivity contribution is 8.03. The standard InChI is InChI=1S/C24H36N4O5S/c1-6-32-22(30)16(2)34-15-18(25)21(29)27-19-11-7-8-12-20(19)28-13-9-10-17(14-28)26-23(31)33-24(3,4)5/h7-8,11-12,15-17H,6,9-10,13-14,25H2,1-5H3,(H,26,31)(H,27,29)/b18-15-/t16?,17-/m1/s1. The summed E-state index contributed by atoms with van der Waals surface area (Å²) in [5.41, 5.74) is 6.84. The minimum absolute atomic E-state index is 0.000866. The average Bonchev–Trinajstić information content (AvgIpc) is 2.76. The summed E-state index contributed by atoms with van der Waals surface area (Å²) in [5.74, 6) is -0.821. The van der Waals surface area contributed by atoms with Gasteiger partial charge in [0.2, 0.25) is 0 Å². The molecule has 0 aliphatic carbocycles. The molecule has 1 saturated heterocycles. The van der Waals surface area contributed by atoms with Gasteiger partial charge in [-0.1, -0.05) is 12.1 Å². The van der Waals surface area contributed by atoms with Crippen LogP contribution in [0.15, 0.2) is 35.4 Å². The fraction of sp³-hybridized carbons (Fsp3) is 0.542. The van der Waals surface area contributed by atoms with Crippen LogP contribution in [0.25, 0.3) is 0 Å². The zero-order valence-corrected chi connectivity index (χ0v) is 21.4. The van der Waals surface area contributed by atoms with Gasteiger partial charge in [0.15, 0.2) is 0 Å². The normalized spacial score (nSPS) is 17.5. The smallest absolute Gasteiger partial charge is 0.407 e. The van der Waals surface area contributed by atoms with E-state index in [4.69, 9.17) is 15.2 Å². The second-order valence-electron chi connectivity index (χ2n) is 9.01. The number of nitrogens with one attached hydrogen (secondary N) is 2. The SMILES string of the molecule is CCOC(=O)C(C)S/C=C(\N)C(=O)Nc1ccccc1N1CCC[C@@H](NC(=O)OC(C)(C)C)C1. The molecule has 1 aromatic carbocycles. The van der Waals surface area contributed by atoms with Crippen molar-refractivity contribution in [2.45, 2.75) is 64.4 Å². The van der Waals surface area contributed by atoms with Gasteiger partial charge in [-0.25, -0.2) is 4.79 Å². The van der Waals surface area contributed by atoms with Crippen molar-refractivity contribution in [3.63, 3.8) is 0 Å². The van der Waals surface area contributed by atoms with Crippen molar-refractivity contribution in [3.05, 3.63) is 35.4 Å². The fourth-order valence-corrected chi connectivity index (χ4v) is 4.02. The molecule has 9 nitrogen and oxygen atoms in total. The summed E-state index contributed by atoms with van der Waals surface area (Å²) in [6.07, 6.45) is 1.29. The van der Waals surface area contributed by atoms with E-state index in [9.17, 15) is 14.4 Å². The molecule has 2 rings (SSSR count). The third kappa shape index (κ3) is 8.81. The molecule has 0 spiro atoms. The molecule has 0 bridgehead atoms. The molecule has 0 radical (unpaired) electrons. The molecule has 1 aliphatic rings. The van der Waals surface area contributed by atoms with Crippen LogP contribution in [0, 0.1) is 0 Å². The van der Waals surface area contributed by atoms with Crippen molar-refractivity contribution >= 4 is 41.1 Å². The Morgan fingerprint density at radius 2 is 2.00 bits per heavy atom. The van der Waals surface area contributed by atoms with Crippen LogP contribution < -0.4 is 21.3 Å².